The standard InChI is InChI=1S/C27H30N6O4/c1-17-12-23-21(25-22(27(35)31-23)16-30-33(25)19-4-8-36-9-5-19)13-20(17)26(34)29-15-18-2-3-24(28-14-18)32-6-10-37-11-7-32/h2-3,12-14,16,19H,4-11,15H2,1H3,(H,29,34)(H,31,35). The first-order chi connectivity index (χ1) is 18.1. The number of hydrogen-bond donors (Lipinski definition) is 2. The van der Waals surface area contributed by atoms with Crippen molar-refractivity contribution in [2.24, 2.45) is 0 Å². The molecule has 5 heterocycles. The van der Waals surface area contributed by atoms with Gasteiger partial charge in [-0.05, 0) is 49.1 Å². The summed E-state index contributed by atoms with van der Waals surface area (Å²) in [5.41, 5.74) is 3.57. The maximum absolute atomic E-state index is 13.3. The van der Waals surface area contributed by atoms with Crippen LogP contribution < -0.4 is 15.8 Å². The van der Waals surface area contributed by atoms with E-state index in [-0.39, 0.29) is 17.5 Å². The van der Waals surface area contributed by atoms with E-state index < -0.39 is 0 Å². The van der Waals surface area contributed by atoms with Gasteiger partial charge >= 0.3 is 0 Å². The molecule has 192 valence electrons. The van der Waals surface area contributed by atoms with Gasteiger partial charge in [0.15, 0.2) is 0 Å². The van der Waals surface area contributed by atoms with Gasteiger partial charge in [-0.15, -0.1) is 0 Å². The first-order valence-corrected chi connectivity index (χ1v) is 12.8. The van der Waals surface area contributed by atoms with Crippen molar-refractivity contribution in [3.05, 3.63) is 63.7 Å². The number of rotatable bonds is 5. The number of aromatic amines is 1. The number of hydrogen-bond acceptors (Lipinski definition) is 7. The molecule has 2 saturated heterocycles. The number of amides is 1. The third-order valence-corrected chi connectivity index (χ3v) is 7.29. The van der Waals surface area contributed by atoms with Gasteiger partial charge in [0.2, 0.25) is 0 Å². The molecule has 6 rings (SSSR count). The van der Waals surface area contributed by atoms with Crippen molar-refractivity contribution in [1.29, 1.82) is 0 Å². The lowest BCUT2D eigenvalue weighted by Crippen LogP contribution is -2.36. The van der Waals surface area contributed by atoms with Crippen LogP contribution in [0.25, 0.3) is 21.8 Å². The van der Waals surface area contributed by atoms with Gasteiger partial charge in [0, 0.05) is 50.0 Å². The zero-order chi connectivity index (χ0) is 25.4. The molecule has 3 aromatic heterocycles. The molecule has 1 amide bonds. The van der Waals surface area contributed by atoms with Gasteiger partial charge in [0.25, 0.3) is 11.5 Å². The minimum Gasteiger partial charge on any atom is -0.381 e. The Morgan fingerprint density at radius 3 is 2.62 bits per heavy atom. The fourth-order valence-corrected chi connectivity index (χ4v) is 5.22. The SMILES string of the molecule is Cc1cc2[nH]c(=O)c3cnn(C4CCOCC4)c3c2cc1C(=O)NCc1ccc(N2CCOCC2)nc1. The topological polar surface area (TPSA) is 114 Å². The van der Waals surface area contributed by atoms with E-state index in [0.717, 1.165) is 53.8 Å². The Labute approximate surface area is 213 Å². The monoisotopic (exact) mass is 502 g/mol. The maximum Gasteiger partial charge on any atom is 0.259 e. The largest absolute Gasteiger partial charge is 0.381 e. The number of fused-ring (bicyclic) bond motifs is 3. The summed E-state index contributed by atoms with van der Waals surface area (Å²) in [6.45, 7) is 6.66. The van der Waals surface area contributed by atoms with Crippen LogP contribution in [0.3, 0.4) is 0 Å². The molecule has 2 aliphatic rings. The van der Waals surface area contributed by atoms with Crippen molar-refractivity contribution in [1.82, 2.24) is 25.1 Å². The summed E-state index contributed by atoms with van der Waals surface area (Å²) >= 11 is 0. The zero-order valence-corrected chi connectivity index (χ0v) is 20.8. The Balaban J connectivity index is 1.27. The molecule has 2 N–H and O–H groups in total. The lowest BCUT2D eigenvalue weighted by molar-refractivity contribution is 0.0675. The third-order valence-electron chi connectivity index (χ3n) is 7.29. The Bertz CT molecular complexity index is 1500. The molecule has 0 radical (unpaired) electrons. The first kappa shape index (κ1) is 23.6. The van der Waals surface area contributed by atoms with Gasteiger partial charge in [-0.3, -0.25) is 14.3 Å². The third kappa shape index (κ3) is 4.58. The maximum atomic E-state index is 13.3. The number of benzene rings is 1. The molecule has 0 saturated carbocycles. The molecule has 10 heteroatoms. The summed E-state index contributed by atoms with van der Waals surface area (Å²) in [4.78, 5) is 35.8. The van der Waals surface area contributed by atoms with E-state index in [2.05, 4.69) is 25.3 Å². The fourth-order valence-electron chi connectivity index (χ4n) is 5.22. The van der Waals surface area contributed by atoms with Crippen LogP contribution in [-0.4, -0.2) is 65.2 Å². The number of carbonyl (C=O) groups is 1. The molecule has 1 aromatic carbocycles. The van der Waals surface area contributed by atoms with Crippen LogP contribution >= 0.6 is 0 Å². The van der Waals surface area contributed by atoms with E-state index in [1.807, 2.05) is 35.9 Å². The second kappa shape index (κ2) is 9.95. The van der Waals surface area contributed by atoms with Crippen molar-refractivity contribution in [3.8, 4) is 0 Å². The van der Waals surface area contributed by atoms with Crippen molar-refractivity contribution in [2.75, 3.05) is 44.4 Å². The van der Waals surface area contributed by atoms with Gasteiger partial charge in [0.1, 0.15) is 5.82 Å². The molecular formula is C27H30N6O4. The van der Waals surface area contributed by atoms with Crippen molar-refractivity contribution >= 4 is 33.5 Å². The van der Waals surface area contributed by atoms with Gasteiger partial charge in [-0.1, -0.05) is 6.07 Å². The first-order valence-electron chi connectivity index (χ1n) is 12.8. The minimum absolute atomic E-state index is 0.155. The number of nitrogens with zero attached hydrogens (tertiary/aromatic N) is 4. The number of ether oxygens (including phenoxy) is 2. The van der Waals surface area contributed by atoms with Gasteiger partial charge in [-0.25, -0.2) is 4.98 Å². The quantitative estimate of drug-likeness (QED) is 0.431. The number of aryl methyl sites for hydroxylation is 1. The second-order valence-electron chi connectivity index (χ2n) is 9.67. The highest BCUT2D eigenvalue weighted by Gasteiger charge is 2.22. The number of morpholine rings is 1. The molecule has 0 atom stereocenters. The van der Waals surface area contributed by atoms with Crippen LogP contribution in [0.5, 0.6) is 0 Å². The molecule has 0 bridgehead atoms. The van der Waals surface area contributed by atoms with Crippen LogP contribution in [0.2, 0.25) is 0 Å². The van der Waals surface area contributed by atoms with Crippen molar-refractivity contribution < 1.29 is 14.3 Å². The molecule has 0 aliphatic carbocycles. The number of carbonyl (C=O) groups excluding carboxylic acids is 1. The Hall–Kier alpha value is -3.76. The van der Waals surface area contributed by atoms with E-state index in [9.17, 15) is 9.59 Å². The highest BCUT2D eigenvalue weighted by Crippen LogP contribution is 2.30. The Kier molecular flexibility index (Phi) is 6.35. The zero-order valence-electron chi connectivity index (χ0n) is 20.8. The highest BCUT2D eigenvalue weighted by atomic mass is 16.5. The number of nitrogens with one attached hydrogen (secondary N) is 2. The fraction of sp³-hybridized carbons (Fsp3) is 0.407. The van der Waals surface area contributed by atoms with Gasteiger partial charge in [-0.2, -0.15) is 5.10 Å². The Morgan fingerprint density at radius 1 is 1.08 bits per heavy atom. The molecule has 10 nitrogen and oxygen atoms in total. The molecule has 4 aromatic rings. The number of pyridine rings is 2. The smallest absolute Gasteiger partial charge is 0.259 e. The van der Waals surface area contributed by atoms with Crippen LogP contribution in [-0.2, 0) is 16.0 Å². The number of anilines is 1. The van der Waals surface area contributed by atoms with Gasteiger partial charge < -0.3 is 24.7 Å². The average molecular weight is 503 g/mol. The van der Waals surface area contributed by atoms with Crippen molar-refractivity contribution in [2.45, 2.75) is 32.4 Å². The summed E-state index contributed by atoms with van der Waals surface area (Å²) in [6, 6.07) is 7.87. The van der Waals surface area contributed by atoms with Crippen LogP contribution in [0, 0.1) is 6.92 Å². The molecular weight excluding hydrogens is 472 g/mol. The van der Waals surface area contributed by atoms with E-state index in [1.54, 1.807) is 12.4 Å². The van der Waals surface area contributed by atoms with Gasteiger partial charge in [0.05, 0.1) is 41.9 Å². The summed E-state index contributed by atoms with van der Waals surface area (Å²) in [5.74, 6) is 0.746. The van der Waals surface area contributed by atoms with E-state index >= 15 is 0 Å². The summed E-state index contributed by atoms with van der Waals surface area (Å²) in [7, 11) is 0. The van der Waals surface area contributed by atoms with Crippen LogP contribution in [0.15, 0.2) is 41.5 Å². The number of H-pyrrole nitrogens is 1. The molecule has 0 unspecified atom stereocenters. The predicted octanol–water partition coefficient (Wildman–Crippen LogP) is 2.70. The lowest BCUT2D eigenvalue weighted by Gasteiger charge is -2.27. The second-order valence-corrected chi connectivity index (χ2v) is 9.67. The normalized spacial score (nSPS) is 16.9. The Morgan fingerprint density at radius 2 is 1.86 bits per heavy atom. The molecule has 2 fully saturated rings. The lowest BCUT2D eigenvalue weighted by atomic mass is 10.0. The highest BCUT2D eigenvalue weighted by molar-refractivity contribution is 6.07. The van der Waals surface area contributed by atoms with E-state index in [0.29, 0.717) is 49.4 Å². The molecule has 37 heavy (non-hydrogen) atoms. The predicted molar refractivity (Wildman–Crippen MR) is 140 cm³/mol. The summed E-state index contributed by atoms with van der Waals surface area (Å²) in [5, 5.41) is 8.93. The average Bonchev–Trinajstić information content (AvgIpc) is 3.39. The van der Waals surface area contributed by atoms with E-state index in [4.69, 9.17) is 9.47 Å². The molecule has 0 spiro atoms. The van der Waals surface area contributed by atoms with E-state index in [1.165, 1.54) is 0 Å². The van der Waals surface area contributed by atoms with Crippen LogP contribution in [0.4, 0.5) is 5.82 Å². The van der Waals surface area contributed by atoms with Crippen LogP contribution in [0.1, 0.15) is 40.4 Å². The molecule has 2 aliphatic heterocycles. The van der Waals surface area contributed by atoms with Crippen molar-refractivity contribution in [3.63, 3.8) is 0 Å². The summed E-state index contributed by atoms with van der Waals surface area (Å²) in [6.07, 6.45) is 5.10. The minimum atomic E-state index is -0.176. The number of aromatic nitrogens is 4. The summed E-state index contributed by atoms with van der Waals surface area (Å²) < 4.78 is 12.9.